The van der Waals surface area contributed by atoms with Gasteiger partial charge in [-0.1, -0.05) is 0 Å². The van der Waals surface area contributed by atoms with E-state index in [1.54, 1.807) is 45.4 Å². The Morgan fingerprint density at radius 2 is 1.43 bits per heavy atom. The van der Waals surface area contributed by atoms with Crippen molar-refractivity contribution in [2.75, 3.05) is 14.2 Å². The van der Waals surface area contributed by atoms with Gasteiger partial charge < -0.3 is 14.2 Å². The zero-order chi connectivity index (χ0) is 21.3. The fourth-order valence-electron chi connectivity index (χ4n) is 3.12. The summed E-state index contributed by atoms with van der Waals surface area (Å²) in [5.41, 5.74) is 1.93. The maximum atomic E-state index is 13.7. The van der Waals surface area contributed by atoms with Gasteiger partial charge >= 0.3 is 0 Å². The number of fused-ring (bicyclic) bond motifs is 1. The lowest BCUT2D eigenvalue weighted by Gasteiger charge is -2.13. The molecule has 0 saturated carbocycles. The molecule has 0 N–H and O–H groups in total. The van der Waals surface area contributed by atoms with Crippen LogP contribution in [-0.4, -0.2) is 24.2 Å². The van der Waals surface area contributed by atoms with E-state index < -0.39 is 11.6 Å². The highest BCUT2D eigenvalue weighted by Crippen LogP contribution is 2.35. The van der Waals surface area contributed by atoms with Crippen LogP contribution in [0.15, 0.2) is 54.6 Å². The Morgan fingerprint density at radius 3 is 2.13 bits per heavy atom. The molecule has 0 fully saturated rings. The summed E-state index contributed by atoms with van der Waals surface area (Å²) in [5, 5.41) is 0.842. The molecule has 0 aliphatic rings. The highest BCUT2D eigenvalue weighted by atomic mass is 19.1. The van der Waals surface area contributed by atoms with Crippen molar-refractivity contribution in [1.82, 2.24) is 9.97 Å². The van der Waals surface area contributed by atoms with Crippen LogP contribution >= 0.6 is 0 Å². The molecule has 0 atom stereocenters. The topological polar surface area (TPSA) is 53.5 Å². The van der Waals surface area contributed by atoms with E-state index in [2.05, 4.69) is 9.97 Å². The monoisotopic (exact) mass is 408 g/mol. The highest BCUT2D eigenvalue weighted by Gasteiger charge is 2.14. The van der Waals surface area contributed by atoms with E-state index in [0.717, 1.165) is 11.5 Å². The Balaban J connectivity index is 1.76. The van der Waals surface area contributed by atoms with E-state index in [1.165, 1.54) is 12.1 Å². The maximum absolute atomic E-state index is 13.7. The van der Waals surface area contributed by atoms with Crippen molar-refractivity contribution < 1.29 is 23.0 Å². The second-order valence-electron chi connectivity index (χ2n) is 6.61. The van der Waals surface area contributed by atoms with E-state index >= 15 is 0 Å². The summed E-state index contributed by atoms with van der Waals surface area (Å²) < 4.78 is 44.1. The number of aryl methyl sites for hydroxylation is 1. The molecule has 0 unspecified atom stereocenters. The number of nitrogens with zero attached hydrogens (tertiary/aromatic N) is 2. The van der Waals surface area contributed by atoms with E-state index in [9.17, 15) is 8.78 Å². The first kappa shape index (κ1) is 19.6. The number of hydrogen-bond donors (Lipinski definition) is 0. The van der Waals surface area contributed by atoms with Gasteiger partial charge in [-0.3, -0.25) is 0 Å². The number of rotatable bonds is 5. The molecule has 2 aromatic heterocycles. The largest absolute Gasteiger partial charge is 0.493 e. The summed E-state index contributed by atoms with van der Waals surface area (Å²) in [6, 6.07) is 13.8. The van der Waals surface area contributed by atoms with Gasteiger partial charge in [-0.25, -0.2) is 18.7 Å². The zero-order valence-electron chi connectivity index (χ0n) is 16.6. The standard InChI is InChI=1S/C23H18F2N2O3/c1-13-4-6-19(23(26-13)15-8-16(24)11-17(25)9-15)30-22-7-5-14-10-20(28-2)21(29-3)12-18(14)27-22/h4-12H,1-3H3. The summed E-state index contributed by atoms with van der Waals surface area (Å²) in [4.78, 5) is 8.92. The minimum absolute atomic E-state index is 0.276. The van der Waals surface area contributed by atoms with Gasteiger partial charge in [0.1, 0.15) is 17.3 Å². The Bertz CT molecular complexity index is 1220. The third kappa shape index (κ3) is 3.87. The number of hydrogen-bond acceptors (Lipinski definition) is 5. The van der Waals surface area contributed by atoms with Crippen LogP contribution in [0.25, 0.3) is 22.2 Å². The second kappa shape index (κ2) is 7.94. The van der Waals surface area contributed by atoms with Crippen molar-refractivity contribution in [2.24, 2.45) is 0 Å². The molecular formula is C23H18F2N2O3. The molecule has 0 radical (unpaired) electrons. The maximum Gasteiger partial charge on any atom is 0.219 e. The first-order valence-corrected chi connectivity index (χ1v) is 9.11. The summed E-state index contributed by atoms with van der Waals surface area (Å²) >= 11 is 0. The van der Waals surface area contributed by atoms with Crippen molar-refractivity contribution in [2.45, 2.75) is 6.92 Å². The third-order valence-corrected chi connectivity index (χ3v) is 4.52. The molecule has 5 nitrogen and oxygen atoms in total. The van der Waals surface area contributed by atoms with Crippen molar-refractivity contribution in [3.63, 3.8) is 0 Å². The minimum Gasteiger partial charge on any atom is -0.493 e. The number of pyridine rings is 2. The van der Waals surface area contributed by atoms with Crippen LogP contribution in [0.5, 0.6) is 23.1 Å². The average Bonchev–Trinajstić information content (AvgIpc) is 2.73. The minimum atomic E-state index is -0.691. The molecule has 7 heteroatoms. The van der Waals surface area contributed by atoms with Gasteiger partial charge in [0.2, 0.25) is 5.88 Å². The van der Waals surface area contributed by atoms with Crippen molar-refractivity contribution in [3.05, 3.63) is 71.9 Å². The van der Waals surface area contributed by atoms with Gasteiger partial charge in [0.25, 0.3) is 0 Å². The van der Waals surface area contributed by atoms with Crippen LogP contribution in [-0.2, 0) is 0 Å². The van der Waals surface area contributed by atoms with Gasteiger partial charge in [0.05, 0.1) is 19.7 Å². The quantitative estimate of drug-likeness (QED) is 0.424. The van der Waals surface area contributed by atoms with Gasteiger partial charge in [0, 0.05) is 34.8 Å². The summed E-state index contributed by atoms with van der Waals surface area (Å²) in [6.07, 6.45) is 0. The number of ether oxygens (including phenoxy) is 3. The SMILES string of the molecule is COc1cc2ccc(Oc3ccc(C)nc3-c3cc(F)cc(F)c3)nc2cc1OC. The predicted octanol–water partition coefficient (Wildman–Crippen LogP) is 5.69. The smallest absolute Gasteiger partial charge is 0.219 e. The zero-order valence-corrected chi connectivity index (χ0v) is 16.6. The third-order valence-electron chi connectivity index (χ3n) is 4.52. The fraction of sp³-hybridized carbons (Fsp3) is 0.130. The molecule has 0 aliphatic carbocycles. The van der Waals surface area contributed by atoms with Gasteiger partial charge in [-0.2, -0.15) is 0 Å². The number of benzene rings is 2. The predicted molar refractivity (Wildman–Crippen MR) is 109 cm³/mol. The van der Waals surface area contributed by atoms with Gasteiger partial charge in [-0.05, 0) is 43.3 Å². The Hall–Kier alpha value is -3.74. The highest BCUT2D eigenvalue weighted by molar-refractivity contribution is 5.83. The van der Waals surface area contributed by atoms with Crippen molar-refractivity contribution in [1.29, 1.82) is 0 Å². The van der Waals surface area contributed by atoms with E-state index in [1.807, 2.05) is 12.1 Å². The van der Waals surface area contributed by atoms with Crippen LogP contribution in [0.3, 0.4) is 0 Å². The molecule has 152 valence electrons. The molecule has 2 heterocycles. The molecule has 0 bridgehead atoms. The molecule has 0 aliphatic heterocycles. The van der Waals surface area contributed by atoms with Gasteiger partial charge in [-0.15, -0.1) is 0 Å². The van der Waals surface area contributed by atoms with E-state index in [0.29, 0.717) is 40.0 Å². The summed E-state index contributed by atoms with van der Waals surface area (Å²) in [7, 11) is 3.11. The molecule has 0 saturated heterocycles. The molecular weight excluding hydrogens is 390 g/mol. The summed E-state index contributed by atoms with van der Waals surface area (Å²) in [5.74, 6) is 0.394. The molecule has 4 rings (SSSR count). The number of halogens is 2. The average molecular weight is 408 g/mol. The van der Waals surface area contributed by atoms with Crippen LogP contribution < -0.4 is 14.2 Å². The Labute approximate surface area is 171 Å². The lowest BCUT2D eigenvalue weighted by atomic mass is 10.1. The first-order valence-electron chi connectivity index (χ1n) is 9.11. The molecule has 2 aromatic carbocycles. The summed E-state index contributed by atoms with van der Waals surface area (Å²) in [6.45, 7) is 1.79. The van der Waals surface area contributed by atoms with Gasteiger partial charge in [0.15, 0.2) is 17.2 Å². The van der Waals surface area contributed by atoms with Crippen LogP contribution in [0, 0.1) is 18.6 Å². The van der Waals surface area contributed by atoms with E-state index in [4.69, 9.17) is 14.2 Å². The molecule has 30 heavy (non-hydrogen) atoms. The normalized spacial score (nSPS) is 10.8. The first-order chi connectivity index (χ1) is 14.5. The van der Waals surface area contributed by atoms with E-state index in [-0.39, 0.29) is 5.56 Å². The van der Waals surface area contributed by atoms with Crippen LogP contribution in [0.2, 0.25) is 0 Å². The Kier molecular flexibility index (Phi) is 5.18. The molecule has 0 amide bonds. The Morgan fingerprint density at radius 1 is 0.733 bits per heavy atom. The molecule has 4 aromatic rings. The molecule has 0 spiro atoms. The lowest BCUT2D eigenvalue weighted by molar-refractivity contribution is 0.355. The van der Waals surface area contributed by atoms with Crippen LogP contribution in [0.4, 0.5) is 8.78 Å². The fourth-order valence-corrected chi connectivity index (χ4v) is 3.12. The number of methoxy groups -OCH3 is 2. The van der Waals surface area contributed by atoms with Crippen molar-refractivity contribution in [3.8, 4) is 34.4 Å². The lowest BCUT2D eigenvalue weighted by Crippen LogP contribution is -1.96. The number of aromatic nitrogens is 2. The van der Waals surface area contributed by atoms with Crippen LogP contribution in [0.1, 0.15) is 5.69 Å². The van der Waals surface area contributed by atoms with Crippen molar-refractivity contribution >= 4 is 10.9 Å². The second-order valence-corrected chi connectivity index (χ2v) is 6.61.